The van der Waals surface area contributed by atoms with Crippen LogP contribution in [0.2, 0.25) is 0 Å². The first-order chi connectivity index (χ1) is 13.1. The Morgan fingerprint density at radius 3 is 3.00 bits per heavy atom. The van der Waals surface area contributed by atoms with Gasteiger partial charge in [-0.15, -0.1) is 5.10 Å². The molecule has 0 radical (unpaired) electrons. The summed E-state index contributed by atoms with van der Waals surface area (Å²) in [6.07, 6.45) is 1.54. The minimum Gasteiger partial charge on any atom is -0.497 e. The van der Waals surface area contributed by atoms with E-state index >= 15 is 0 Å². The smallest absolute Gasteiger partial charge is 0.338 e. The van der Waals surface area contributed by atoms with Crippen LogP contribution in [0.25, 0.3) is 0 Å². The molecule has 0 amide bonds. The largest absolute Gasteiger partial charge is 0.497 e. The molecular formula is C19H22N4O3S. The van der Waals surface area contributed by atoms with Gasteiger partial charge in [0.1, 0.15) is 18.4 Å². The van der Waals surface area contributed by atoms with Gasteiger partial charge in [-0.1, -0.05) is 43.5 Å². The van der Waals surface area contributed by atoms with E-state index in [1.165, 1.54) is 0 Å². The SMILES string of the molecule is C=CCOC(=O)C1=C(C)Nc2nc(SCC)nn2C1c1cccc(OC)c1. The highest BCUT2D eigenvalue weighted by Crippen LogP contribution is 2.37. The molecule has 8 heteroatoms. The van der Waals surface area contributed by atoms with Crippen molar-refractivity contribution in [2.45, 2.75) is 25.0 Å². The van der Waals surface area contributed by atoms with E-state index in [1.54, 1.807) is 29.6 Å². The van der Waals surface area contributed by atoms with Crippen LogP contribution in [0.3, 0.4) is 0 Å². The van der Waals surface area contributed by atoms with Crippen molar-refractivity contribution < 1.29 is 14.3 Å². The molecule has 1 aromatic heterocycles. The molecule has 1 aliphatic rings. The Morgan fingerprint density at radius 2 is 2.30 bits per heavy atom. The second kappa shape index (κ2) is 8.30. The average molecular weight is 386 g/mol. The van der Waals surface area contributed by atoms with Crippen LogP contribution in [0.15, 0.2) is 53.3 Å². The van der Waals surface area contributed by atoms with Gasteiger partial charge in [-0.05, 0) is 30.4 Å². The Balaban J connectivity index is 2.12. The summed E-state index contributed by atoms with van der Waals surface area (Å²) in [5.74, 6) is 1.73. The van der Waals surface area contributed by atoms with Crippen LogP contribution in [0, 0.1) is 0 Å². The molecule has 0 fully saturated rings. The summed E-state index contributed by atoms with van der Waals surface area (Å²) in [6.45, 7) is 7.62. The predicted octanol–water partition coefficient (Wildman–Crippen LogP) is 3.42. The maximum atomic E-state index is 12.8. The third-order valence-electron chi connectivity index (χ3n) is 4.07. The Morgan fingerprint density at radius 1 is 1.48 bits per heavy atom. The summed E-state index contributed by atoms with van der Waals surface area (Å²) < 4.78 is 12.4. The molecule has 1 atom stereocenters. The van der Waals surface area contributed by atoms with Crippen LogP contribution in [0.1, 0.15) is 25.5 Å². The number of hydrogen-bond donors (Lipinski definition) is 1. The first kappa shape index (κ1) is 19.0. The molecule has 27 heavy (non-hydrogen) atoms. The molecule has 1 N–H and O–H groups in total. The van der Waals surface area contributed by atoms with Crippen molar-refractivity contribution in [1.29, 1.82) is 0 Å². The van der Waals surface area contributed by atoms with E-state index < -0.39 is 12.0 Å². The van der Waals surface area contributed by atoms with Gasteiger partial charge in [0.15, 0.2) is 0 Å². The number of allylic oxidation sites excluding steroid dienone is 1. The monoisotopic (exact) mass is 386 g/mol. The fraction of sp³-hybridized carbons (Fsp3) is 0.316. The highest BCUT2D eigenvalue weighted by atomic mass is 32.2. The molecule has 2 heterocycles. The molecule has 0 bridgehead atoms. The first-order valence-corrected chi connectivity index (χ1v) is 9.56. The maximum Gasteiger partial charge on any atom is 0.338 e. The number of fused-ring (bicyclic) bond motifs is 1. The number of carbonyl (C=O) groups excluding carboxylic acids is 1. The molecule has 0 saturated heterocycles. The lowest BCUT2D eigenvalue weighted by molar-refractivity contribution is -0.138. The second-order valence-corrected chi connectivity index (χ2v) is 7.06. The van der Waals surface area contributed by atoms with Crippen LogP contribution in [-0.2, 0) is 9.53 Å². The van der Waals surface area contributed by atoms with Gasteiger partial charge in [-0.2, -0.15) is 4.98 Å². The van der Waals surface area contributed by atoms with Crippen LogP contribution < -0.4 is 10.1 Å². The van der Waals surface area contributed by atoms with Gasteiger partial charge in [0.2, 0.25) is 11.1 Å². The molecule has 2 aromatic rings. The number of thioether (sulfide) groups is 1. The van der Waals surface area contributed by atoms with Crippen LogP contribution in [-0.4, -0.2) is 40.2 Å². The number of esters is 1. The van der Waals surface area contributed by atoms with Crippen molar-refractivity contribution in [3.05, 3.63) is 53.8 Å². The summed E-state index contributed by atoms with van der Waals surface area (Å²) >= 11 is 1.54. The highest BCUT2D eigenvalue weighted by molar-refractivity contribution is 7.99. The van der Waals surface area contributed by atoms with Crippen molar-refractivity contribution in [3.63, 3.8) is 0 Å². The van der Waals surface area contributed by atoms with E-state index in [-0.39, 0.29) is 6.61 Å². The maximum absolute atomic E-state index is 12.8. The Hall–Kier alpha value is -2.74. The number of rotatable bonds is 7. The zero-order valence-electron chi connectivity index (χ0n) is 15.6. The lowest BCUT2D eigenvalue weighted by Gasteiger charge is -2.28. The Labute approximate surface area is 162 Å². The summed E-state index contributed by atoms with van der Waals surface area (Å²) in [6, 6.07) is 7.10. The number of aromatic nitrogens is 3. The number of carbonyl (C=O) groups is 1. The van der Waals surface area contributed by atoms with E-state index in [4.69, 9.17) is 9.47 Å². The van der Waals surface area contributed by atoms with Gasteiger partial charge < -0.3 is 14.8 Å². The topological polar surface area (TPSA) is 78.3 Å². The van der Waals surface area contributed by atoms with Gasteiger partial charge in [-0.3, -0.25) is 0 Å². The molecule has 0 aliphatic carbocycles. The number of nitrogens with zero attached hydrogens (tertiary/aromatic N) is 3. The Bertz CT molecular complexity index is 891. The lowest BCUT2D eigenvalue weighted by Crippen LogP contribution is -2.29. The summed E-state index contributed by atoms with van der Waals surface area (Å²) in [5.41, 5.74) is 2.03. The number of anilines is 1. The van der Waals surface area contributed by atoms with Crippen molar-refractivity contribution in [2.24, 2.45) is 0 Å². The number of benzene rings is 1. The summed E-state index contributed by atoms with van der Waals surface area (Å²) in [4.78, 5) is 17.3. The zero-order valence-corrected chi connectivity index (χ0v) is 16.4. The first-order valence-electron chi connectivity index (χ1n) is 8.58. The number of hydrogen-bond acceptors (Lipinski definition) is 7. The fourth-order valence-corrected chi connectivity index (χ4v) is 3.47. The molecule has 1 unspecified atom stereocenters. The third kappa shape index (κ3) is 3.85. The molecule has 1 aromatic carbocycles. The predicted molar refractivity (Wildman–Crippen MR) is 105 cm³/mol. The molecule has 142 valence electrons. The standard InChI is InChI=1S/C19H22N4O3S/c1-5-10-26-17(24)15-12(3)20-18-21-19(27-6-2)22-23(18)16(15)13-8-7-9-14(11-13)25-4/h5,7-9,11,16H,1,6,10H2,2-4H3,(H,20,21,22). The van der Waals surface area contributed by atoms with Gasteiger partial charge in [0.05, 0.1) is 12.7 Å². The molecule has 0 saturated carbocycles. The lowest BCUT2D eigenvalue weighted by atomic mass is 9.95. The minimum atomic E-state index is -0.465. The van der Waals surface area contributed by atoms with Crippen LogP contribution in [0.5, 0.6) is 5.75 Å². The zero-order chi connectivity index (χ0) is 19.4. The van der Waals surface area contributed by atoms with Gasteiger partial charge in [-0.25, -0.2) is 9.48 Å². The molecule has 7 nitrogen and oxygen atoms in total. The van der Waals surface area contributed by atoms with E-state index in [2.05, 4.69) is 22.0 Å². The Kier molecular flexibility index (Phi) is 5.85. The highest BCUT2D eigenvalue weighted by Gasteiger charge is 2.35. The normalized spacial score (nSPS) is 15.7. The van der Waals surface area contributed by atoms with E-state index in [9.17, 15) is 4.79 Å². The number of methoxy groups -OCH3 is 1. The van der Waals surface area contributed by atoms with Crippen molar-refractivity contribution in [3.8, 4) is 5.75 Å². The van der Waals surface area contributed by atoms with Gasteiger partial charge in [0, 0.05) is 5.70 Å². The van der Waals surface area contributed by atoms with E-state index in [0.29, 0.717) is 28.1 Å². The third-order valence-corrected chi connectivity index (χ3v) is 4.79. The van der Waals surface area contributed by atoms with Gasteiger partial charge >= 0.3 is 5.97 Å². The quantitative estimate of drug-likeness (QED) is 0.444. The van der Waals surface area contributed by atoms with Crippen molar-refractivity contribution >= 4 is 23.7 Å². The number of nitrogens with one attached hydrogen (secondary N) is 1. The van der Waals surface area contributed by atoms with E-state index in [1.807, 2.05) is 38.1 Å². The van der Waals surface area contributed by atoms with Crippen LogP contribution >= 0.6 is 11.8 Å². The summed E-state index contributed by atoms with van der Waals surface area (Å²) in [5, 5.41) is 8.43. The van der Waals surface area contributed by atoms with Crippen LogP contribution in [0.4, 0.5) is 5.95 Å². The molecule has 1 aliphatic heterocycles. The average Bonchev–Trinajstić information content (AvgIpc) is 3.07. The molecule has 0 spiro atoms. The fourth-order valence-electron chi connectivity index (χ4n) is 2.92. The van der Waals surface area contributed by atoms with E-state index in [0.717, 1.165) is 11.3 Å². The van der Waals surface area contributed by atoms with Crippen molar-refractivity contribution in [2.75, 3.05) is 24.8 Å². The summed E-state index contributed by atoms with van der Waals surface area (Å²) in [7, 11) is 1.61. The van der Waals surface area contributed by atoms with Gasteiger partial charge in [0.25, 0.3) is 0 Å². The molecular weight excluding hydrogens is 364 g/mol. The van der Waals surface area contributed by atoms with Crippen molar-refractivity contribution in [1.82, 2.24) is 14.8 Å². The number of ether oxygens (including phenoxy) is 2. The second-order valence-electron chi connectivity index (χ2n) is 5.83. The molecule has 3 rings (SSSR count). The minimum absolute atomic E-state index is 0.140.